The lowest BCUT2D eigenvalue weighted by molar-refractivity contribution is 0.153. The maximum atomic E-state index is 15.2. The van der Waals surface area contributed by atoms with E-state index in [0.29, 0.717) is 19.1 Å². The normalized spacial score (nSPS) is 25.2. The molecule has 0 saturated carbocycles. The molecule has 0 radical (unpaired) electrons. The van der Waals surface area contributed by atoms with Gasteiger partial charge in [0.05, 0.1) is 5.69 Å². The summed E-state index contributed by atoms with van der Waals surface area (Å²) in [5.41, 5.74) is 0.183. The Hall–Kier alpha value is -2.04. The fourth-order valence-corrected chi connectivity index (χ4v) is 6.94. The van der Waals surface area contributed by atoms with Crippen molar-refractivity contribution in [3.8, 4) is 0 Å². The first-order chi connectivity index (χ1) is 15.7. The third-order valence-corrected chi connectivity index (χ3v) is 8.67. The second-order valence-corrected chi connectivity index (χ2v) is 12.4. The van der Waals surface area contributed by atoms with Crippen LogP contribution in [0, 0.1) is 28.4 Å². The molecule has 11 heteroatoms. The van der Waals surface area contributed by atoms with Crippen molar-refractivity contribution in [3.05, 3.63) is 46.9 Å². The number of nitrogens with zero attached hydrogens (tertiary/aromatic N) is 3. The average molecular weight is 517 g/mol. The molecule has 2 unspecified atom stereocenters. The lowest BCUT2D eigenvalue weighted by atomic mass is 9.76. The van der Waals surface area contributed by atoms with E-state index in [1.165, 1.54) is 12.1 Å². The zero-order chi connectivity index (χ0) is 25.1. The van der Waals surface area contributed by atoms with Crippen molar-refractivity contribution in [2.45, 2.75) is 44.6 Å². The van der Waals surface area contributed by atoms with Crippen molar-refractivity contribution in [1.29, 1.82) is 0 Å². The van der Waals surface area contributed by atoms with Gasteiger partial charge >= 0.3 is 0 Å². The lowest BCUT2D eigenvalue weighted by Crippen LogP contribution is -2.42. The van der Waals surface area contributed by atoms with Crippen LogP contribution in [0.1, 0.15) is 33.6 Å². The van der Waals surface area contributed by atoms with E-state index >= 15 is 8.78 Å². The number of nitrogens with one attached hydrogen (secondary N) is 1. The molecule has 3 heterocycles. The molecule has 6 nitrogen and oxygen atoms in total. The first-order valence-corrected chi connectivity index (χ1v) is 12.9. The molecule has 2 atom stereocenters. The minimum absolute atomic E-state index is 0.114. The predicted molar refractivity (Wildman–Crippen MR) is 126 cm³/mol. The molecule has 186 valence electrons. The van der Waals surface area contributed by atoms with E-state index in [4.69, 9.17) is 11.6 Å². The van der Waals surface area contributed by atoms with Crippen LogP contribution in [-0.2, 0) is 10.0 Å². The highest BCUT2D eigenvalue weighted by Gasteiger charge is 2.49. The van der Waals surface area contributed by atoms with Gasteiger partial charge in [-0.3, -0.25) is 4.72 Å². The molecular weight excluding hydrogens is 489 g/mol. The molecule has 0 aliphatic carbocycles. The standard InChI is InChI=1S/C23H28ClF3N4O2S/c1-22(2)11-16(30(4)12-22)23(3)8-9-31(13-23)15-10-14(25)21(20(27)19(15)24)34(32,33)29-18-7-5-6-17(26)28-18/h5-7,10,16H,8-9,11-13H2,1-4H3,(H,28,29). The topological polar surface area (TPSA) is 65.5 Å². The number of pyridine rings is 1. The van der Waals surface area contributed by atoms with Crippen LogP contribution < -0.4 is 9.62 Å². The number of rotatable bonds is 5. The second kappa shape index (κ2) is 8.57. The second-order valence-electron chi connectivity index (χ2n) is 10.4. The largest absolute Gasteiger partial charge is 0.370 e. The lowest BCUT2D eigenvalue weighted by Gasteiger charge is -2.36. The van der Waals surface area contributed by atoms with E-state index in [9.17, 15) is 12.8 Å². The van der Waals surface area contributed by atoms with Crippen LogP contribution in [0.5, 0.6) is 0 Å². The molecule has 1 aromatic carbocycles. The van der Waals surface area contributed by atoms with E-state index < -0.39 is 43.3 Å². The van der Waals surface area contributed by atoms with Crippen LogP contribution in [0.15, 0.2) is 29.2 Å². The molecule has 0 amide bonds. The summed E-state index contributed by atoms with van der Waals surface area (Å²) in [6, 6.07) is 4.66. The van der Waals surface area contributed by atoms with Gasteiger partial charge in [-0.1, -0.05) is 38.4 Å². The molecule has 0 spiro atoms. The average Bonchev–Trinajstić information content (AvgIpc) is 3.23. The Balaban J connectivity index is 1.62. The van der Waals surface area contributed by atoms with Crippen molar-refractivity contribution in [2.75, 3.05) is 36.3 Å². The Kier molecular flexibility index (Phi) is 6.31. The summed E-state index contributed by atoms with van der Waals surface area (Å²) in [4.78, 5) is 6.29. The van der Waals surface area contributed by atoms with Gasteiger partial charge in [0.15, 0.2) is 10.7 Å². The van der Waals surface area contributed by atoms with Gasteiger partial charge in [-0.25, -0.2) is 22.2 Å². The number of likely N-dealkylation sites (tertiary alicyclic amines) is 1. The fraction of sp³-hybridized carbons (Fsp3) is 0.522. The Morgan fingerprint density at radius 2 is 1.88 bits per heavy atom. The van der Waals surface area contributed by atoms with Crippen LogP contribution in [-0.4, -0.2) is 51.0 Å². The molecule has 0 bridgehead atoms. The summed E-state index contributed by atoms with van der Waals surface area (Å²) in [6.07, 6.45) is 1.83. The molecule has 1 aromatic heterocycles. The number of hydrogen-bond donors (Lipinski definition) is 1. The summed E-state index contributed by atoms with van der Waals surface area (Å²) in [6.45, 7) is 8.68. The first kappa shape index (κ1) is 25.1. The molecule has 1 N–H and O–H groups in total. The summed E-state index contributed by atoms with van der Waals surface area (Å²) in [5.74, 6) is -4.03. The number of halogens is 4. The van der Waals surface area contributed by atoms with Crippen molar-refractivity contribution in [2.24, 2.45) is 10.8 Å². The highest BCUT2D eigenvalue weighted by Crippen LogP contribution is 2.47. The highest BCUT2D eigenvalue weighted by atomic mass is 35.5. The molecule has 2 aromatic rings. The van der Waals surface area contributed by atoms with Crippen molar-refractivity contribution >= 4 is 33.1 Å². The van der Waals surface area contributed by atoms with Crippen LogP contribution in [0.2, 0.25) is 5.02 Å². The van der Waals surface area contributed by atoms with Gasteiger partial charge < -0.3 is 9.80 Å². The summed E-state index contributed by atoms with van der Waals surface area (Å²) >= 11 is 6.25. The molecule has 2 fully saturated rings. The highest BCUT2D eigenvalue weighted by molar-refractivity contribution is 7.92. The number of sulfonamides is 1. The summed E-state index contributed by atoms with van der Waals surface area (Å²) < 4.78 is 70.8. The molecule has 4 rings (SSSR count). The van der Waals surface area contributed by atoms with E-state index in [0.717, 1.165) is 31.5 Å². The van der Waals surface area contributed by atoms with Gasteiger partial charge in [0.2, 0.25) is 5.95 Å². The molecular formula is C23H28ClF3N4O2S. The third-order valence-electron chi connectivity index (χ3n) is 6.93. The minimum Gasteiger partial charge on any atom is -0.370 e. The number of benzene rings is 1. The van der Waals surface area contributed by atoms with Gasteiger partial charge in [-0.05, 0) is 37.4 Å². The Bertz CT molecular complexity index is 1230. The maximum Gasteiger partial charge on any atom is 0.268 e. The number of hydrogen-bond acceptors (Lipinski definition) is 5. The zero-order valence-electron chi connectivity index (χ0n) is 19.5. The van der Waals surface area contributed by atoms with Gasteiger partial charge in [0, 0.05) is 37.2 Å². The Morgan fingerprint density at radius 3 is 2.50 bits per heavy atom. The van der Waals surface area contributed by atoms with E-state index in [-0.39, 0.29) is 16.5 Å². The SMILES string of the molecule is CN1CC(C)(C)CC1C1(C)CCN(c2cc(F)c(S(=O)(=O)Nc3cccc(F)n3)c(F)c2Cl)C1. The third kappa shape index (κ3) is 4.59. The predicted octanol–water partition coefficient (Wildman–Crippen LogP) is 4.90. The molecule has 2 aliphatic heterocycles. The number of anilines is 2. The minimum atomic E-state index is -4.75. The van der Waals surface area contributed by atoms with Gasteiger partial charge in [0.25, 0.3) is 10.0 Å². The smallest absolute Gasteiger partial charge is 0.268 e. The quantitative estimate of drug-likeness (QED) is 0.452. The van der Waals surface area contributed by atoms with E-state index in [2.05, 4.69) is 37.7 Å². The van der Waals surface area contributed by atoms with Gasteiger partial charge in [-0.2, -0.15) is 4.39 Å². The van der Waals surface area contributed by atoms with E-state index in [1.807, 2.05) is 9.62 Å². The fourth-order valence-electron chi connectivity index (χ4n) is 5.47. The molecule has 2 saturated heterocycles. The maximum absolute atomic E-state index is 15.2. The van der Waals surface area contributed by atoms with Crippen molar-refractivity contribution < 1.29 is 21.6 Å². The number of aromatic nitrogens is 1. The van der Waals surface area contributed by atoms with Crippen LogP contribution in [0.3, 0.4) is 0 Å². The van der Waals surface area contributed by atoms with Crippen LogP contribution >= 0.6 is 11.6 Å². The van der Waals surface area contributed by atoms with Crippen LogP contribution in [0.25, 0.3) is 0 Å². The van der Waals surface area contributed by atoms with Gasteiger partial charge in [-0.15, -0.1) is 0 Å². The Morgan fingerprint density at radius 1 is 1.18 bits per heavy atom. The monoisotopic (exact) mass is 516 g/mol. The Labute approximate surface area is 203 Å². The molecule has 34 heavy (non-hydrogen) atoms. The summed E-state index contributed by atoms with van der Waals surface area (Å²) in [7, 11) is -2.65. The van der Waals surface area contributed by atoms with Crippen molar-refractivity contribution in [3.63, 3.8) is 0 Å². The van der Waals surface area contributed by atoms with Gasteiger partial charge in [0.1, 0.15) is 16.7 Å². The van der Waals surface area contributed by atoms with Crippen molar-refractivity contribution in [1.82, 2.24) is 9.88 Å². The first-order valence-electron chi connectivity index (χ1n) is 11.0. The molecule has 2 aliphatic rings. The zero-order valence-corrected chi connectivity index (χ0v) is 21.1. The van der Waals surface area contributed by atoms with E-state index in [1.54, 1.807) is 0 Å². The summed E-state index contributed by atoms with van der Waals surface area (Å²) in [5, 5.41) is -0.474. The van der Waals surface area contributed by atoms with Crippen LogP contribution in [0.4, 0.5) is 24.7 Å².